The van der Waals surface area contributed by atoms with Crippen molar-refractivity contribution in [1.29, 1.82) is 0 Å². The van der Waals surface area contributed by atoms with E-state index >= 15 is 0 Å². The van der Waals surface area contributed by atoms with Crippen LogP contribution in [0.3, 0.4) is 0 Å². The predicted octanol–water partition coefficient (Wildman–Crippen LogP) is 5.06. The molecule has 2 aromatic rings. The number of rotatable bonds is 1. The van der Waals surface area contributed by atoms with E-state index in [9.17, 15) is 4.79 Å². The lowest BCUT2D eigenvalue weighted by Crippen LogP contribution is -2.50. The molecule has 2 aliphatic heterocycles. The molecular weight excluding hydrogens is 308 g/mol. The van der Waals surface area contributed by atoms with Crippen LogP contribution in [0.2, 0.25) is 0 Å². The minimum absolute atomic E-state index is 0.0272. The van der Waals surface area contributed by atoms with Crippen LogP contribution in [-0.2, 0) is 4.79 Å². The van der Waals surface area contributed by atoms with Crippen molar-refractivity contribution in [1.82, 2.24) is 0 Å². The van der Waals surface area contributed by atoms with Crippen LogP contribution in [0.5, 0.6) is 0 Å². The monoisotopic (exact) mass is 332 g/mol. The highest BCUT2D eigenvalue weighted by atomic mass is 16.2. The van der Waals surface area contributed by atoms with E-state index in [-0.39, 0.29) is 11.4 Å². The second-order valence-corrected chi connectivity index (χ2v) is 8.10. The van der Waals surface area contributed by atoms with Gasteiger partial charge in [0.05, 0.1) is 11.4 Å². The molecule has 0 bridgehead atoms. The number of hydrogen-bond acceptors (Lipinski definition) is 2. The average Bonchev–Trinajstić information content (AvgIpc) is 2.80. The summed E-state index contributed by atoms with van der Waals surface area (Å²) < 4.78 is 0. The van der Waals surface area contributed by atoms with Crippen molar-refractivity contribution in [3.8, 4) is 0 Å². The molecule has 1 atom stereocenters. The number of hydrogen-bond donors (Lipinski definition) is 0. The maximum atomic E-state index is 13.3. The van der Waals surface area contributed by atoms with Gasteiger partial charge < -0.3 is 4.90 Å². The Kier molecular flexibility index (Phi) is 3.40. The zero-order chi connectivity index (χ0) is 17.9. The van der Waals surface area contributed by atoms with Crippen LogP contribution >= 0.6 is 0 Å². The van der Waals surface area contributed by atoms with E-state index in [1.165, 1.54) is 16.7 Å². The lowest BCUT2D eigenvalue weighted by Gasteiger charge is -2.43. The minimum Gasteiger partial charge on any atom is -0.300 e. The number of carbonyl (C=O) groups is 1. The summed E-state index contributed by atoms with van der Waals surface area (Å²) in [5.74, 6) is 0.464. The minimum atomic E-state index is -0.196. The second kappa shape index (κ2) is 5.29. The number of aryl methyl sites for hydroxylation is 2. The molecule has 0 unspecified atom stereocenters. The van der Waals surface area contributed by atoms with Crippen molar-refractivity contribution in [2.45, 2.75) is 52.5 Å². The molecule has 0 aliphatic carbocycles. The van der Waals surface area contributed by atoms with E-state index in [1.54, 1.807) is 0 Å². The Hall–Kier alpha value is -2.42. The molecule has 0 aromatic heterocycles. The van der Waals surface area contributed by atoms with Crippen molar-refractivity contribution in [3.63, 3.8) is 0 Å². The smallest absolute Gasteiger partial charge is 0.278 e. The first-order valence-corrected chi connectivity index (χ1v) is 8.93. The molecule has 2 aliphatic rings. The third-order valence-corrected chi connectivity index (χ3v) is 5.38. The topological polar surface area (TPSA) is 32.7 Å². The largest absolute Gasteiger partial charge is 0.300 e. The fourth-order valence-electron chi connectivity index (χ4n) is 4.32. The number of benzene rings is 2. The normalized spacial score (nSPS) is 22.4. The molecule has 0 saturated carbocycles. The summed E-state index contributed by atoms with van der Waals surface area (Å²) in [5, 5.41) is 0. The molecule has 0 N–H and O–H groups in total. The molecule has 4 rings (SSSR count). The van der Waals surface area contributed by atoms with Gasteiger partial charge in [0.25, 0.3) is 5.91 Å². The maximum Gasteiger partial charge on any atom is 0.278 e. The Balaban J connectivity index is 1.95. The van der Waals surface area contributed by atoms with E-state index in [0.717, 1.165) is 23.4 Å². The van der Waals surface area contributed by atoms with Crippen LogP contribution in [-0.4, -0.2) is 17.2 Å². The van der Waals surface area contributed by atoms with Crippen LogP contribution in [0.1, 0.15) is 55.4 Å². The lowest BCUT2D eigenvalue weighted by atomic mass is 9.80. The lowest BCUT2D eigenvalue weighted by molar-refractivity contribution is -0.113. The van der Waals surface area contributed by atoms with Crippen LogP contribution in [0, 0.1) is 13.8 Å². The number of aliphatic imine (C=N–C) groups is 1. The van der Waals surface area contributed by atoms with Crippen molar-refractivity contribution >= 4 is 23.0 Å². The van der Waals surface area contributed by atoms with E-state index in [4.69, 9.17) is 4.99 Å². The molecule has 2 heterocycles. The Morgan fingerprint density at radius 2 is 1.76 bits per heavy atom. The van der Waals surface area contributed by atoms with Gasteiger partial charge in [-0.3, -0.25) is 4.79 Å². The van der Waals surface area contributed by atoms with E-state index < -0.39 is 0 Å². The fourth-order valence-corrected chi connectivity index (χ4v) is 4.32. The average molecular weight is 332 g/mol. The summed E-state index contributed by atoms with van der Waals surface area (Å²) >= 11 is 0. The summed E-state index contributed by atoms with van der Waals surface area (Å²) in [6.07, 6.45) is 0.965. The van der Waals surface area contributed by atoms with E-state index in [2.05, 4.69) is 46.8 Å². The summed E-state index contributed by atoms with van der Waals surface area (Å²) in [7, 11) is 0. The van der Waals surface area contributed by atoms with Crippen LogP contribution in [0.15, 0.2) is 41.4 Å². The van der Waals surface area contributed by atoms with Crippen LogP contribution in [0.25, 0.3) is 0 Å². The standard InChI is InChI=1S/C22H24N2O/c1-13-6-8-16(9-7-13)23-19-18-11-14(2)10-17-15(3)12-22(4,5)24(20(17)18)21(19)25/h6-11,15H,12H2,1-5H3/t15-/m0/s1. The van der Waals surface area contributed by atoms with Gasteiger partial charge in [-0.15, -0.1) is 0 Å². The molecular formula is C22H24N2O. The van der Waals surface area contributed by atoms with Gasteiger partial charge in [0.1, 0.15) is 5.71 Å². The molecule has 128 valence electrons. The van der Waals surface area contributed by atoms with Gasteiger partial charge in [-0.05, 0) is 63.8 Å². The van der Waals surface area contributed by atoms with E-state index in [1.807, 2.05) is 29.2 Å². The molecule has 0 radical (unpaired) electrons. The number of amides is 1. The summed E-state index contributed by atoms with van der Waals surface area (Å²) in [4.78, 5) is 20.0. The molecule has 0 saturated heterocycles. The molecule has 0 fully saturated rings. The van der Waals surface area contributed by atoms with Crippen LogP contribution < -0.4 is 4.90 Å². The number of nitrogens with zero attached hydrogens (tertiary/aromatic N) is 2. The number of anilines is 1. The molecule has 0 spiro atoms. The highest BCUT2D eigenvalue weighted by Crippen LogP contribution is 2.49. The third-order valence-electron chi connectivity index (χ3n) is 5.38. The third kappa shape index (κ3) is 2.41. The molecule has 25 heavy (non-hydrogen) atoms. The molecule has 3 nitrogen and oxygen atoms in total. The first-order chi connectivity index (χ1) is 11.8. The van der Waals surface area contributed by atoms with Gasteiger partial charge in [0.2, 0.25) is 0 Å². The van der Waals surface area contributed by atoms with Gasteiger partial charge in [-0.1, -0.05) is 36.2 Å². The highest BCUT2D eigenvalue weighted by molar-refractivity contribution is 6.55. The number of carbonyl (C=O) groups excluding carboxylic acids is 1. The van der Waals surface area contributed by atoms with Gasteiger partial charge in [0.15, 0.2) is 0 Å². The zero-order valence-electron chi connectivity index (χ0n) is 15.6. The molecule has 3 heteroatoms. The quantitative estimate of drug-likeness (QED) is 0.718. The maximum absolute atomic E-state index is 13.3. The fraction of sp³-hybridized carbons (Fsp3) is 0.364. The highest BCUT2D eigenvalue weighted by Gasteiger charge is 2.47. The van der Waals surface area contributed by atoms with E-state index in [0.29, 0.717) is 11.6 Å². The Morgan fingerprint density at radius 1 is 1.08 bits per heavy atom. The first kappa shape index (κ1) is 16.1. The van der Waals surface area contributed by atoms with Crippen molar-refractivity contribution in [2.24, 2.45) is 4.99 Å². The first-order valence-electron chi connectivity index (χ1n) is 8.93. The van der Waals surface area contributed by atoms with Crippen molar-refractivity contribution < 1.29 is 4.79 Å². The summed E-state index contributed by atoms with van der Waals surface area (Å²) in [6.45, 7) is 10.7. The van der Waals surface area contributed by atoms with Crippen LogP contribution in [0.4, 0.5) is 11.4 Å². The molecule has 2 aromatic carbocycles. The second-order valence-electron chi connectivity index (χ2n) is 8.10. The zero-order valence-corrected chi connectivity index (χ0v) is 15.6. The van der Waals surface area contributed by atoms with Crippen molar-refractivity contribution in [2.75, 3.05) is 4.90 Å². The van der Waals surface area contributed by atoms with Gasteiger partial charge in [0, 0.05) is 11.1 Å². The summed E-state index contributed by atoms with van der Waals surface area (Å²) in [5.41, 5.74) is 6.92. The SMILES string of the molecule is Cc1ccc(N=C2C(=O)N3c4c2cc(C)cc4[C@@H](C)CC3(C)C)cc1. The van der Waals surface area contributed by atoms with Gasteiger partial charge in [-0.25, -0.2) is 4.99 Å². The van der Waals surface area contributed by atoms with Gasteiger partial charge in [-0.2, -0.15) is 0 Å². The molecule has 1 amide bonds. The summed E-state index contributed by atoms with van der Waals surface area (Å²) in [6, 6.07) is 12.3. The predicted molar refractivity (Wildman–Crippen MR) is 103 cm³/mol. The van der Waals surface area contributed by atoms with Crippen molar-refractivity contribution in [3.05, 3.63) is 58.7 Å². The Bertz CT molecular complexity index is 906. The van der Waals surface area contributed by atoms with Gasteiger partial charge >= 0.3 is 0 Å². The Labute approximate surface area is 149 Å². The Morgan fingerprint density at radius 3 is 2.44 bits per heavy atom.